The Hall–Kier alpha value is -0.960. The van der Waals surface area contributed by atoms with Crippen molar-refractivity contribution in [2.45, 2.75) is 11.9 Å². The number of aryl methyl sites for hydroxylation is 1. The van der Waals surface area contributed by atoms with Crippen molar-refractivity contribution >= 4 is 17.4 Å². The molecular formula is C8H8N2S. The van der Waals surface area contributed by atoms with E-state index in [4.69, 9.17) is 0 Å². The molecule has 11 heavy (non-hydrogen) atoms. The molecule has 1 aliphatic rings. The van der Waals surface area contributed by atoms with E-state index in [1.165, 1.54) is 5.56 Å². The Bertz CT molecular complexity index is 307. The van der Waals surface area contributed by atoms with E-state index in [1.54, 1.807) is 11.8 Å². The van der Waals surface area contributed by atoms with Gasteiger partial charge in [-0.2, -0.15) is 0 Å². The van der Waals surface area contributed by atoms with Crippen LogP contribution in [0.5, 0.6) is 0 Å². The lowest BCUT2D eigenvalue weighted by Crippen LogP contribution is -1.96. The van der Waals surface area contributed by atoms with E-state index >= 15 is 0 Å². The quantitative estimate of drug-likeness (QED) is 0.637. The summed E-state index contributed by atoms with van der Waals surface area (Å²) < 4.78 is 0. The summed E-state index contributed by atoms with van der Waals surface area (Å²) >= 11 is 1.64. The van der Waals surface area contributed by atoms with Gasteiger partial charge in [0, 0.05) is 12.4 Å². The second-order valence-electron chi connectivity index (χ2n) is 2.43. The van der Waals surface area contributed by atoms with E-state index in [1.807, 2.05) is 24.7 Å². The minimum Gasteiger partial charge on any atom is -0.359 e. The summed E-state index contributed by atoms with van der Waals surface area (Å²) in [5.74, 6) is 0. The number of aromatic nitrogens is 1. The molecule has 56 valence electrons. The lowest BCUT2D eigenvalue weighted by Gasteiger charge is -2.10. The zero-order valence-corrected chi connectivity index (χ0v) is 6.98. The van der Waals surface area contributed by atoms with Crippen molar-refractivity contribution in [2.75, 3.05) is 5.32 Å². The van der Waals surface area contributed by atoms with Crippen LogP contribution >= 0.6 is 11.8 Å². The summed E-state index contributed by atoms with van der Waals surface area (Å²) in [6.07, 6.45) is 3.81. The Morgan fingerprint density at radius 1 is 1.55 bits per heavy atom. The van der Waals surface area contributed by atoms with Crippen molar-refractivity contribution in [1.82, 2.24) is 4.98 Å². The van der Waals surface area contributed by atoms with Gasteiger partial charge >= 0.3 is 0 Å². The molecule has 1 N–H and O–H groups in total. The number of pyridine rings is 1. The molecule has 1 aromatic rings. The highest BCUT2D eigenvalue weighted by Crippen LogP contribution is 2.29. The molecule has 0 unspecified atom stereocenters. The topological polar surface area (TPSA) is 24.9 Å². The number of nitrogens with one attached hydrogen (secondary N) is 1. The average molecular weight is 164 g/mol. The Morgan fingerprint density at radius 2 is 2.45 bits per heavy atom. The van der Waals surface area contributed by atoms with E-state index < -0.39 is 0 Å². The third-order valence-corrected chi connectivity index (χ3v) is 2.30. The van der Waals surface area contributed by atoms with Gasteiger partial charge in [-0.15, -0.1) is 0 Å². The van der Waals surface area contributed by atoms with Crippen LogP contribution in [0.3, 0.4) is 0 Å². The number of hydrogen-bond donors (Lipinski definition) is 1. The van der Waals surface area contributed by atoms with E-state index in [9.17, 15) is 0 Å². The van der Waals surface area contributed by atoms with Gasteiger partial charge in [-0.1, -0.05) is 11.8 Å². The van der Waals surface area contributed by atoms with Crippen LogP contribution in [-0.2, 0) is 0 Å². The highest BCUT2D eigenvalue weighted by atomic mass is 32.2. The maximum absolute atomic E-state index is 4.27. The predicted octanol–water partition coefficient (Wildman–Crippen LogP) is 2.38. The Balaban J connectivity index is 2.48. The molecule has 0 saturated carbocycles. The number of fused-ring (bicyclic) bond motifs is 1. The third kappa shape index (κ3) is 1.24. The number of thioether (sulfide) groups is 1. The summed E-state index contributed by atoms with van der Waals surface area (Å²) in [5.41, 5.74) is 2.30. The fraction of sp³-hybridized carbons (Fsp3) is 0.125. The normalized spacial score (nSPS) is 13.9. The zero-order valence-electron chi connectivity index (χ0n) is 6.16. The molecule has 2 rings (SSSR count). The smallest absolute Gasteiger partial charge is 0.124 e. The molecule has 0 fully saturated rings. The Labute approximate surface area is 69.7 Å². The number of anilines is 1. The maximum Gasteiger partial charge on any atom is 0.124 e. The van der Waals surface area contributed by atoms with Gasteiger partial charge in [0.25, 0.3) is 0 Å². The molecule has 3 heteroatoms. The van der Waals surface area contributed by atoms with Gasteiger partial charge in [0.2, 0.25) is 0 Å². The van der Waals surface area contributed by atoms with Crippen LogP contribution in [0, 0.1) is 6.92 Å². The number of hydrogen-bond acceptors (Lipinski definition) is 3. The second kappa shape index (κ2) is 2.58. The molecule has 2 nitrogen and oxygen atoms in total. The van der Waals surface area contributed by atoms with Crippen LogP contribution in [-0.4, -0.2) is 4.98 Å². The molecule has 1 aliphatic heterocycles. The molecular weight excluding hydrogens is 156 g/mol. The summed E-state index contributed by atoms with van der Waals surface area (Å²) in [7, 11) is 0. The number of rotatable bonds is 0. The minimum absolute atomic E-state index is 1.05. The van der Waals surface area contributed by atoms with E-state index in [-0.39, 0.29) is 0 Å². The molecule has 0 aliphatic carbocycles. The van der Waals surface area contributed by atoms with Crippen LogP contribution in [0.1, 0.15) is 5.56 Å². The second-order valence-corrected chi connectivity index (χ2v) is 3.32. The van der Waals surface area contributed by atoms with Crippen LogP contribution in [0.25, 0.3) is 0 Å². The summed E-state index contributed by atoms with van der Waals surface area (Å²) in [5, 5.41) is 6.18. The molecule has 0 atom stereocenters. The molecule has 0 bridgehead atoms. The monoisotopic (exact) mass is 164 g/mol. The Kier molecular flexibility index (Phi) is 1.58. The van der Waals surface area contributed by atoms with Gasteiger partial charge in [0.15, 0.2) is 0 Å². The van der Waals surface area contributed by atoms with Gasteiger partial charge in [-0.3, -0.25) is 0 Å². The van der Waals surface area contributed by atoms with Crippen molar-refractivity contribution in [2.24, 2.45) is 0 Å². The van der Waals surface area contributed by atoms with Gasteiger partial charge in [0.05, 0.1) is 5.69 Å². The highest BCUT2D eigenvalue weighted by Gasteiger charge is 2.04. The predicted molar refractivity (Wildman–Crippen MR) is 47.6 cm³/mol. The van der Waals surface area contributed by atoms with Gasteiger partial charge in [0.1, 0.15) is 5.03 Å². The molecule has 1 aromatic heterocycles. The van der Waals surface area contributed by atoms with Crippen LogP contribution in [0.4, 0.5) is 5.69 Å². The summed E-state index contributed by atoms with van der Waals surface area (Å²) in [4.78, 5) is 4.27. The van der Waals surface area contributed by atoms with Crippen molar-refractivity contribution in [1.29, 1.82) is 0 Å². The summed E-state index contributed by atoms with van der Waals surface area (Å²) in [6.45, 7) is 2.04. The fourth-order valence-corrected chi connectivity index (χ4v) is 1.60. The first kappa shape index (κ1) is 6.73. The largest absolute Gasteiger partial charge is 0.359 e. The van der Waals surface area contributed by atoms with Crippen LogP contribution < -0.4 is 5.32 Å². The van der Waals surface area contributed by atoms with E-state index in [0.29, 0.717) is 0 Å². The lowest BCUT2D eigenvalue weighted by molar-refractivity contribution is 1.11. The van der Waals surface area contributed by atoms with Crippen LogP contribution in [0.2, 0.25) is 0 Å². The lowest BCUT2D eigenvalue weighted by atomic mass is 10.3. The first-order valence-corrected chi connectivity index (χ1v) is 4.29. The highest BCUT2D eigenvalue weighted by molar-refractivity contribution is 8.02. The van der Waals surface area contributed by atoms with E-state index in [0.717, 1.165) is 10.7 Å². The Morgan fingerprint density at radius 3 is 3.36 bits per heavy atom. The number of nitrogens with zero attached hydrogens (tertiary/aromatic N) is 1. The van der Waals surface area contributed by atoms with E-state index in [2.05, 4.69) is 16.4 Å². The van der Waals surface area contributed by atoms with Gasteiger partial charge < -0.3 is 5.32 Å². The standard InChI is InChI=1S/C8H8N2S/c1-6-4-7-8(10-5-6)11-3-2-9-7/h2-5,9H,1H3. The molecule has 0 radical (unpaired) electrons. The first-order chi connectivity index (χ1) is 5.36. The summed E-state index contributed by atoms with van der Waals surface area (Å²) in [6, 6.07) is 2.10. The van der Waals surface area contributed by atoms with Gasteiger partial charge in [-0.25, -0.2) is 4.98 Å². The molecule has 2 heterocycles. The minimum atomic E-state index is 1.05. The SMILES string of the molecule is Cc1cnc2c(c1)NC=CS2. The molecule has 0 amide bonds. The maximum atomic E-state index is 4.27. The average Bonchev–Trinajstić information content (AvgIpc) is 2.04. The van der Waals surface area contributed by atoms with Crippen molar-refractivity contribution in [3.8, 4) is 0 Å². The van der Waals surface area contributed by atoms with Gasteiger partial charge in [-0.05, 0) is 24.0 Å². The van der Waals surface area contributed by atoms with Crippen molar-refractivity contribution < 1.29 is 0 Å². The first-order valence-electron chi connectivity index (χ1n) is 3.41. The molecule has 0 spiro atoms. The van der Waals surface area contributed by atoms with Crippen molar-refractivity contribution in [3.63, 3.8) is 0 Å². The zero-order chi connectivity index (χ0) is 7.68. The third-order valence-electron chi connectivity index (χ3n) is 1.47. The molecule has 0 saturated heterocycles. The molecule has 0 aromatic carbocycles. The van der Waals surface area contributed by atoms with Crippen molar-refractivity contribution in [3.05, 3.63) is 29.4 Å². The fourth-order valence-electron chi connectivity index (χ4n) is 0.976. The van der Waals surface area contributed by atoms with Crippen LogP contribution in [0.15, 0.2) is 28.9 Å².